The van der Waals surface area contributed by atoms with Crippen molar-refractivity contribution in [1.82, 2.24) is 9.55 Å². The lowest BCUT2D eigenvalue weighted by molar-refractivity contribution is -0.170. The van der Waals surface area contributed by atoms with Gasteiger partial charge in [-0.1, -0.05) is 15.9 Å². The number of aromatic nitrogens is 2. The Bertz CT molecular complexity index is 666. The van der Waals surface area contributed by atoms with E-state index in [1.54, 1.807) is 0 Å². The molecule has 3 rings (SSSR count). The first-order valence-electron chi connectivity index (χ1n) is 7.65. The minimum Gasteiger partial charge on any atom is -0.353 e. The summed E-state index contributed by atoms with van der Waals surface area (Å²) >= 11 is 3.34. The molecule has 22 heavy (non-hydrogen) atoms. The van der Waals surface area contributed by atoms with E-state index >= 15 is 0 Å². The average molecular weight is 371 g/mol. The van der Waals surface area contributed by atoms with E-state index in [9.17, 15) is 4.39 Å². The molecular weight excluding hydrogens is 351 g/mol. The van der Waals surface area contributed by atoms with Crippen molar-refractivity contribution in [3.8, 4) is 0 Å². The molecule has 1 fully saturated rings. The second-order valence-corrected chi connectivity index (χ2v) is 6.77. The predicted octanol–water partition coefficient (Wildman–Crippen LogP) is 4.56. The minimum atomic E-state index is -0.320. The Balaban J connectivity index is 1.90. The van der Waals surface area contributed by atoms with Crippen LogP contribution in [0.3, 0.4) is 0 Å². The molecule has 1 saturated heterocycles. The van der Waals surface area contributed by atoms with E-state index in [0.717, 1.165) is 37.2 Å². The van der Waals surface area contributed by atoms with Gasteiger partial charge in [0.25, 0.3) is 0 Å². The van der Waals surface area contributed by atoms with Crippen LogP contribution >= 0.6 is 15.9 Å². The van der Waals surface area contributed by atoms with Crippen LogP contribution in [-0.4, -0.2) is 22.4 Å². The van der Waals surface area contributed by atoms with Crippen LogP contribution in [0.5, 0.6) is 0 Å². The molecule has 6 heteroatoms. The molecule has 1 atom stereocenters. The molecule has 2 heterocycles. The Kier molecular flexibility index (Phi) is 4.80. The molecule has 0 N–H and O–H groups in total. The summed E-state index contributed by atoms with van der Waals surface area (Å²) in [6, 6.07) is 3.51. The van der Waals surface area contributed by atoms with Crippen LogP contribution < -0.4 is 0 Å². The molecule has 0 spiro atoms. The highest BCUT2D eigenvalue weighted by Gasteiger charge is 2.20. The van der Waals surface area contributed by atoms with Crippen LogP contribution in [0.15, 0.2) is 16.6 Å². The maximum absolute atomic E-state index is 14.1. The number of rotatable bonds is 4. The molecule has 1 aromatic heterocycles. The minimum absolute atomic E-state index is 0.171. The Morgan fingerprint density at radius 2 is 2.27 bits per heavy atom. The highest BCUT2D eigenvalue weighted by Crippen LogP contribution is 2.28. The first-order valence-corrected chi connectivity index (χ1v) is 8.44. The SMILES string of the molecule is CC(C)n1c(COC2CCCCO2)nc2c(F)cc(Br)cc21. The average Bonchev–Trinajstić information content (AvgIpc) is 2.85. The molecule has 4 nitrogen and oxygen atoms in total. The molecule has 1 aromatic carbocycles. The third kappa shape index (κ3) is 3.19. The van der Waals surface area contributed by atoms with E-state index in [-0.39, 0.29) is 18.1 Å². The lowest BCUT2D eigenvalue weighted by Crippen LogP contribution is -2.23. The van der Waals surface area contributed by atoms with E-state index in [0.29, 0.717) is 16.6 Å². The zero-order valence-corrected chi connectivity index (χ0v) is 14.4. The smallest absolute Gasteiger partial charge is 0.158 e. The summed E-state index contributed by atoms with van der Waals surface area (Å²) < 4.78 is 28.3. The van der Waals surface area contributed by atoms with Gasteiger partial charge in [-0.05, 0) is 45.2 Å². The summed E-state index contributed by atoms with van der Waals surface area (Å²) in [6.45, 7) is 5.18. The van der Waals surface area contributed by atoms with Crippen LogP contribution in [0.25, 0.3) is 11.0 Å². The largest absolute Gasteiger partial charge is 0.353 e. The van der Waals surface area contributed by atoms with Crippen molar-refractivity contribution in [2.75, 3.05) is 6.61 Å². The van der Waals surface area contributed by atoms with E-state index in [1.807, 2.05) is 10.6 Å². The van der Waals surface area contributed by atoms with Crippen LogP contribution in [0.1, 0.15) is 45.0 Å². The van der Waals surface area contributed by atoms with E-state index in [2.05, 4.69) is 34.8 Å². The van der Waals surface area contributed by atoms with Crippen molar-refractivity contribution in [2.45, 2.75) is 52.0 Å². The van der Waals surface area contributed by atoms with Crippen molar-refractivity contribution in [1.29, 1.82) is 0 Å². The number of imidazole rings is 1. The van der Waals surface area contributed by atoms with Gasteiger partial charge in [-0.3, -0.25) is 0 Å². The van der Waals surface area contributed by atoms with Gasteiger partial charge in [-0.15, -0.1) is 0 Å². The van der Waals surface area contributed by atoms with Crippen molar-refractivity contribution in [2.24, 2.45) is 0 Å². The lowest BCUT2D eigenvalue weighted by Gasteiger charge is -2.23. The molecule has 120 valence electrons. The molecule has 0 aliphatic carbocycles. The number of halogens is 2. The Morgan fingerprint density at radius 1 is 1.45 bits per heavy atom. The van der Waals surface area contributed by atoms with Gasteiger partial charge in [0.1, 0.15) is 17.9 Å². The first kappa shape index (κ1) is 15.9. The molecule has 1 aliphatic rings. The summed E-state index contributed by atoms with van der Waals surface area (Å²) in [5.41, 5.74) is 1.17. The van der Waals surface area contributed by atoms with Gasteiger partial charge in [0, 0.05) is 17.1 Å². The Hall–Kier alpha value is -0.980. The van der Waals surface area contributed by atoms with Gasteiger partial charge >= 0.3 is 0 Å². The first-order chi connectivity index (χ1) is 10.6. The van der Waals surface area contributed by atoms with E-state index in [1.165, 1.54) is 6.07 Å². The van der Waals surface area contributed by atoms with Crippen LogP contribution in [-0.2, 0) is 16.1 Å². The number of nitrogens with zero attached hydrogens (tertiary/aromatic N) is 2. The summed E-state index contributed by atoms with van der Waals surface area (Å²) in [4.78, 5) is 4.45. The second kappa shape index (κ2) is 6.64. The maximum atomic E-state index is 14.1. The molecule has 1 unspecified atom stereocenters. The summed E-state index contributed by atoms with van der Waals surface area (Å²) in [5, 5.41) is 0. The fourth-order valence-corrected chi connectivity index (χ4v) is 3.27. The van der Waals surface area contributed by atoms with Gasteiger partial charge in [0.15, 0.2) is 12.1 Å². The zero-order valence-electron chi connectivity index (χ0n) is 12.8. The maximum Gasteiger partial charge on any atom is 0.158 e. The van der Waals surface area contributed by atoms with Gasteiger partial charge in [-0.25, -0.2) is 9.37 Å². The number of ether oxygens (including phenoxy) is 2. The van der Waals surface area contributed by atoms with Gasteiger partial charge in [0.2, 0.25) is 0 Å². The Morgan fingerprint density at radius 3 is 2.95 bits per heavy atom. The number of benzene rings is 1. The third-order valence-corrected chi connectivity index (χ3v) is 4.30. The van der Waals surface area contributed by atoms with Crippen LogP contribution in [0.2, 0.25) is 0 Å². The monoisotopic (exact) mass is 370 g/mol. The fourth-order valence-electron chi connectivity index (χ4n) is 2.86. The van der Waals surface area contributed by atoms with E-state index in [4.69, 9.17) is 9.47 Å². The fraction of sp³-hybridized carbons (Fsp3) is 0.562. The summed E-state index contributed by atoms with van der Waals surface area (Å²) in [7, 11) is 0. The predicted molar refractivity (Wildman–Crippen MR) is 86.2 cm³/mol. The molecule has 1 aliphatic heterocycles. The van der Waals surface area contributed by atoms with Crippen molar-refractivity contribution >= 4 is 27.0 Å². The second-order valence-electron chi connectivity index (χ2n) is 5.85. The molecule has 0 amide bonds. The van der Waals surface area contributed by atoms with Crippen LogP contribution in [0, 0.1) is 5.82 Å². The normalized spacial score (nSPS) is 19.2. The topological polar surface area (TPSA) is 36.3 Å². The van der Waals surface area contributed by atoms with Crippen molar-refractivity contribution < 1.29 is 13.9 Å². The van der Waals surface area contributed by atoms with Gasteiger partial charge < -0.3 is 14.0 Å². The van der Waals surface area contributed by atoms with Gasteiger partial charge in [-0.2, -0.15) is 0 Å². The number of hydrogen-bond donors (Lipinski definition) is 0. The highest BCUT2D eigenvalue weighted by atomic mass is 79.9. The molecule has 2 aromatic rings. The number of fused-ring (bicyclic) bond motifs is 1. The molecule has 0 bridgehead atoms. The number of hydrogen-bond acceptors (Lipinski definition) is 3. The molecule has 0 saturated carbocycles. The summed E-state index contributed by atoms with van der Waals surface area (Å²) in [5.74, 6) is 0.412. The Labute approximate surface area is 137 Å². The van der Waals surface area contributed by atoms with Crippen LogP contribution in [0.4, 0.5) is 4.39 Å². The highest BCUT2D eigenvalue weighted by molar-refractivity contribution is 9.10. The van der Waals surface area contributed by atoms with Crippen molar-refractivity contribution in [3.63, 3.8) is 0 Å². The lowest BCUT2D eigenvalue weighted by atomic mass is 10.2. The van der Waals surface area contributed by atoms with Gasteiger partial charge in [0.05, 0.1) is 5.52 Å². The third-order valence-electron chi connectivity index (χ3n) is 3.84. The van der Waals surface area contributed by atoms with E-state index < -0.39 is 0 Å². The summed E-state index contributed by atoms with van der Waals surface area (Å²) in [6.07, 6.45) is 2.93. The molecular formula is C16H20BrFN2O2. The molecule has 0 radical (unpaired) electrons. The van der Waals surface area contributed by atoms with Crippen molar-refractivity contribution in [3.05, 3.63) is 28.2 Å². The quantitative estimate of drug-likeness (QED) is 0.791. The standard InChI is InChI=1S/C16H20BrFN2O2/c1-10(2)20-13-8-11(17)7-12(18)16(13)19-14(20)9-22-15-5-3-4-6-21-15/h7-8,10,15H,3-6,9H2,1-2H3. The zero-order chi connectivity index (χ0) is 15.7.